The van der Waals surface area contributed by atoms with Crippen molar-refractivity contribution in [1.82, 2.24) is 9.97 Å². The Morgan fingerprint density at radius 3 is 2.82 bits per heavy atom. The summed E-state index contributed by atoms with van der Waals surface area (Å²) in [5, 5.41) is 9.12. The lowest BCUT2D eigenvalue weighted by Crippen LogP contribution is -2.48. The number of aliphatic carboxylic acids is 1. The van der Waals surface area contributed by atoms with Gasteiger partial charge < -0.3 is 14.4 Å². The maximum absolute atomic E-state index is 11.1. The standard InChI is InChI=1S/C11H13N3O3/c1-11(2,9(15)16)14(3)10-13-8-7(17-10)5-4-6-12-8/h4-6H,1-3H3,(H,15,16). The van der Waals surface area contributed by atoms with E-state index in [-0.39, 0.29) is 6.01 Å². The van der Waals surface area contributed by atoms with Crippen molar-refractivity contribution in [3.05, 3.63) is 18.3 Å². The van der Waals surface area contributed by atoms with Crippen molar-refractivity contribution in [2.75, 3.05) is 11.9 Å². The molecule has 6 nitrogen and oxygen atoms in total. The summed E-state index contributed by atoms with van der Waals surface area (Å²) < 4.78 is 5.46. The summed E-state index contributed by atoms with van der Waals surface area (Å²) >= 11 is 0. The first-order valence-corrected chi connectivity index (χ1v) is 5.11. The second-order valence-corrected chi connectivity index (χ2v) is 4.24. The molecule has 0 spiro atoms. The predicted molar refractivity (Wildman–Crippen MR) is 61.9 cm³/mol. The third-order valence-electron chi connectivity index (χ3n) is 2.80. The number of carboxylic acids is 1. The number of anilines is 1. The molecule has 90 valence electrons. The van der Waals surface area contributed by atoms with E-state index < -0.39 is 11.5 Å². The Labute approximate surface area is 97.9 Å². The second kappa shape index (κ2) is 3.73. The fourth-order valence-corrected chi connectivity index (χ4v) is 1.28. The minimum Gasteiger partial charge on any atom is -0.480 e. The smallest absolute Gasteiger partial charge is 0.329 e. The number of hydrogen-bond acceptors (Lipinski definition) is 5. The SMILES string of the molecule is CN(c1nc2ncccc2o1)C(C)(C)C(=O)O. The molecular formula is C11H13N3O3. The van der Waals surface area contributed by atoms with Crippen LogP contribution in [0.3, 0.4) is 0 Å². The van der Waals surface area contributed by atoms with E-state index in [9.17, 15) is 4.79 Å². The van der Waals surface area contributed by atoms with Crippen LogP contribution in [0.1, 0.15) is 13.8 Å². The molecule has 0 radical (unpaired) electrons. The van der Waals surface area contributed by atoms with Crippen LogP contribution < -0.4 is 4.90 Å². The summed E-state index contributed by atoms with van der Waals surface area (Å²) in [4.78, 5) is 20.8. The van der Waals surface area contributed by atoms with Gasteiger partial charge in [-0.1, -0.05) is 0 Å². The van der Waals surface area contributed by atoms with E-state index in [2.05, 4.69) is 9.97 Å². The van der Waals surface area contributed by atoms with Gasteiger partial charge >= 0.3 is 12.0 Å². The first kappa shape index (κ1) is 11.4. The third kappa shape index (κ3) is 1.82. The highest BCUT2D eigenvalue weighted by Crippen LogP contribution is 2.24. The Hall–Kier alpha value is -2.11. The zero-order valence-electron chi connectivity index (χ0n) is 9.84. The van der Waals surface area contributed by atoms with E-state index in [1.54, 1.807) is 39.2 Å². The second-order valence-electron chi connectivity index (χ2n) is 4.24. The number of aromatic nitrogens is 2. The molecule has 0 aliphatic carbocycles. The van der Waals surface area contributed by atoms with Crippen molar-refractivity contribution in [1.29, 1.82) is 0 Å². The van der Waals surface area contributed by atoms with Crippen molar-refractivity contribution in [2.45, 2.75) is 19.4 Å². The fourth-order valence-electron chi connectivity index (χ4n) is 1.28. The predicted octanol–water partition coefficient (Wildman–Crippen LogP) is 1.52. The molecule has 0 aliphatic rings. The van der Waals surface area contributed by atoms with E-state index in [1.807, 2.05) is 0 Å². The molecule has 0 aliphatic heterocycles. The Morgan fingerprint density at radius 1 is 1.53 bits per heavy atom. The van der Waals surface area contributed by atoms with Crippen molar-refractivity contribution >= 4 is 23.2 Å². The molecule has 1 N–H and O–H groups in total. The summed E-state index contributed by atoms with van der Waals surface area (Å²) in [5.41, 5.74) is -0.0907. The Balaban J connectivity index is 2.43. The summed E-state index contributed by atoms with van der Waals surface area (Å²) in [7, 11) is 1.62. The number of carboxylic acid groups (broad SMARTS) is 1. The van der Waals surface area contributed by atoms with E-state index in [0.717, 1.165) is 0 Å². The molecule has 0 bridgehead atoms. The molecule has 0 saturated heterocycles. The van der Waals surface area contributed by atoms with Gasteiger partial charge in [-0.15, -0.1) is 0 Å². The number of rotatable bonds is 3. The number of hydrogen-bond donors (Lipinski definition) is 1. The van der Waals surface area contributed by atoms with Gasteiger partial charge in [-0.3, -0.25) is 0 Å². The summed E-state index contributed by atoms with van der Waals surface area (Å²) in [5.74, 6) is -0.949. The summed E-state index contributed by atoms with van der Waals surface area (Å²) in [6.07, 6.45) is 1.61. The zero-order valence-corrected chi connectivity index (χ0v) is 9.84. The van der Waals surface area contributed by atoms with Gasteiger partial charge in [-0.2, -0.15) is 4.98 Å². The first-order valence-electron chi connectivity index (χ1n) is 5.11. The molecule has 2 rings (SSSR count). The Morgan fingerprint density at radius 2 is 2.24 bits per heavy atom. The molecule has 6 heteroatoms. The van der Waals surface area contributed by atoms with Crippen LogP contribution in [0.5, 0.6) is 0 Å². The number of fused-ring (bicyclic) bond motifs is 1. The lowest BCUT2D eigenvalue weighted by atomic mass is 10.1. The molecule has 0 aromatic carbocycles. The van der Waals surface area contributed by atoms with E-state index in [1.165, 1.54) is 4.90 Å². The lowest BCUT2D eigenvalue weighted by Gasteiger charge is -2.29. The third-order valence-corrected chi connectivity index (χ3v) is 2.80. The molecule has 0 fully saturated rings. The van der Waals surface area contributed by atoms with Gasteiger partial charge in [0, 0.05) is 13.2 Å². The maximum atomic E-state index is 11.1. The highest BCUT2D eigenvalue weighted by molar-refractivity contribution is 5.82. The van der Waals surface area contributed by atoms with Gasteiger partial charge in [0.25, 0.3) is 0 Å². The van der Waals surface area contributed by atoms with Crippen LogP contribution in [0.2, 0.25) is 0 Å². The highest BCUT2D eigenvalue weighted by Gasteiger charge is 2.34. The average molecular weight is 235 g/mol. The Bertz CT molecular complexity index is 529. The van der Waals surface area contributed by atoms with Crippen LogP contribution in [-0.4, -0.2) is 33.6 Å². The van der Waals surface area contributed by atoms with Crippen molar-refractivity contribution < 1.29 is 14.3 Å². The number of pyridine rings is 1. The van der Waals surface area contributed by atoms with Crippen molar-refractivity contribution in [2.24, 2.45) is 0 Å². The zero-order chi connectivity index (χ0) is 12.6. The van der Waals surface area contributed by atoms with Gasteiger partial charge in [0.1, 0.15) is 5.54 Å². The molecule has 0 amide bonds. The molecule has 0 atom stereocenters. The van der Waals surface area contributed by atoms with Crippen LogP contribution in [0.15, 0.2) is 22.7 Å². The minimum atomic E-state index is -1.10. The number of likely N-dealkylation sites (N-methyl/N-ethyl adjacent to an activating group) is 1. The minimum absolute atomic E-state index is 0.242. The number of oxazole rings is 1. The quantitative estimate of drug-likeness (QED) is 0.868. The molecule has 2 aromatic rings. The van der Waals surface area contributed by atoms with Crippen molar-refractivity contribution in [3.63, 3.8) is 0 Å². The maximum Gasteiger partial charge on any atom is 0.329 e. The fraction of sp³-hybridized carbons (Fsp3) is 0.364. The summed E-state index contributed by atoms with van der Waals surface area (Å²) in [6.45, 7) is 3.16. The van der Waals surface area contributed by atoms with Gasteiger partial charge in [0.2, 0.25) is 5.65 Å². The lowest BCUT2D eigenvalue weighted by molar-refractivity contribution is -0.142. The number of carbonyl (C=O) groups is 1. The molecule has 2 aromatic heterocycles. The van der Waals surface area contributed by atoms with Crippen molar-refractivity contribution in [3.8, 4) is 0 Å². The molecule has 0 saturated carbocycles. The van der Waals surface area contributed by atoms with Gasteiger partial charge in [0.05, 0.1) is 0 Å². The van der Waals surface area contributed by atoms with E-state index in [0.29, 0.717) is 11.2 Å². The summed E-state index contributed by atoms with van der Waals surface area (Å²) in [6, 6.07) is 3.71. The largest absolute Gasteiger partial charge is 0.480 e. The molecule has 0 unspecified atom stereocenters. The van der Waals surface area contributed by atoms with Gasteiger partial charge in [-0.05, 0) is 26.0 Å². The normalized spacial score (nSPS) is 11.7. The van der Waals surface area contributed by atoms with Crippen LogP contribution in [0.4, 0.5) is 6.01 Å². The topological polar surface area (TPSA) is 79.5 Å². The highest BCUT2D eigenvalue weighted by atomic mass is 16.4. The number of nitrogens with zero attached hydrogens (tertiary/aromatic N) is 3. The molecular weight excluding hydrogens is 222 g/mol. The molecule has 2 heterocycles. The van der Waals surface area contributed by atoms with Gasteiger partial charge in [-0.25, -0.2) is 9.78 Å². The van der Waals surface area contributed by atoms with Crippen LogP contribution in [0, 0.1) is 0 Å². The van der Waals surface area contributed by atoms with E-state index >= 15 is 0 Å². The van der Waals surface area contributed by atoms with Crippen LogP contribution >= 0.6 is 0 Å². The Kier molecular flexibility index (Phi) is 2.49. The monoisotopic (exact) mass is 235 g/mol. The first-order chi connectivity index (χ1) is 7.93. The average Bonchev–Trinajstić information content (AvgIpc) is 2.70. The van der Waals surface area contributed by atoms with Gasteiger partial charge in [0.15, 0.2) is 5.58 Å². The van der Waals surface area contributed by atoms with Crippen LogP contribution in [0.25, 0.3) is 11.2 Å². The van der Waals surface area contributed by atoms with E-state index in [4.69, 9.17) is 9.52 Å². The molecule has 17 heavy (non-hydrogen) atoms. The van der Waals surface area contributed by atoms with Crippen LogP contribution in [-0.2, 0) is 4.79 Å².